The lowest BCUT2D eigenvalue weighted by atomic mass is 9.93. The van der Waals surface area contributed by atoms with Crippen molar-refractivity contribution in [2.45, 2.75) is 45.1 Å². The van der Waals surface area contributed by atoms with Gasteiger partial charge < -0.3 is 10.6 Å². The van der Waals surface area contributed by atoms with Crippen LogP contribution in [-0.4, -0.2) is 25.0 Å². The van der Waals surface area contributed by atoms with Crippen LogP contribution in [0.25, 0.3) is 0 Å². The molecule has 1 unspecified atom stereocenters. The van der Waals surface area contributed by atoms with E-state index < -0.39 is 0 Å². The molecule has 21 heavy (non-hydrogen) atoms. The van der Waals surface area contributed by atoms with Crippen molar-refractivity contribution in [3.05, 3.63) is 34.9 Å². The number of nitrogens with one attached hydrogen (secondary N) is 2. The molecule has 1 fully saturated rings. The second-order valence-electron chi connectivity index (χ2n) is 6.03. The third-order valence-electron chi connectivity index (χ3n) is 4.08. The normalized spacial score (nSPS) is 17.4. The average Bonchev–Trinajstić information content (AvgIpc) is 2.46. The summed E-state index contributed by atoms with van der Waals surface area (Å²) < 4.78 is 0. The zero-order valence-corrected chi connectivity index (χ0v) is 13.5. The van der Waals surface area contributed by atoms with Crippen LogP contribution in [0.15, 0.2) is 24.3 Å². The molecule has 2 N–H and O–H groups in total. The van der Waals surface area contributed by atoms with Crippen LogP contribution in [-0.2, 0) is 11.2 Å². The number of benzene rings is 1. The second kappa shape index (κ2) is 8.40. The van der Waals surface area contributed by atoms with E-state index in [2.05, 4.69) is 10.6 Å². The Hall–Kier alpha value is -1.06. The van der Waals surface area contributed by atoms with Gasteiger partial charge >= 0.3 is 0 Å². The van der Waals surface area contributed by atoms with Gasteiger partial charge in [-0.05, 0) is 69.3 Å². The molecule has 0 spiro atoms. The maximum absolute atomic E-state index is 12.0. The van der Waals surface area contributed by atoms with E-state index in [9.17, 15) is 4.79 Å². The first kappa shape index (κ1) is 16.3. The Bertz CT molecular complexity index is 458. The van der Waals surface area contributed by atoms with Crippen molar-refractivity contribution in [3.8, 4) is 0 Å². The maximum Gasteiger partial charge on any atom is 0.220 e. The number of carbonyl (C=O) groups excluding carboxylic acids is 1. The van der Waals surface area contributed by atoms with Gasteiger partial charge in [0.25, 0.3) is 0 Å². The first-order chi connectivity index (χ1) is 10.1. The molecule has 1 saturated heterocycles. The summed E-state index contributed by atoms with van der Waals surface area (Å²) in [6.45, 7) is 4.23. The molecule has 4 heteroatoms. The van der Waals surface area contributed by atoms with Gasteiger partial charge in [0.2, 0.25) is 5.91 Å². The van der Waals surface area contributed by atoms with E-state index >= 15 is 0 Å². The summed E-state index contributed by atoms with van der Waals surface area (Å²) in [5.74, 6) is 0.878. The van der Waals surface area contributed by atoms with Gasteiger partial charge in [-0.15, -0.1) is 0 Å². The topological polar surface area (TPSA) is 41.1 Å². The lowest BCUT2D eigenvalue weighted by Crippen LogP contribution is -2.35. The van der Waals surface area contributed by atoms with Gasteiger partial charge in [0.15, 0.2) is 0 Å². The van der Waals surface area contributed by atoms with Crippen molar-refractivity contribution < 1.29 is 4.79 Å². The van der Waals surface area contributed by atoms with Gasteiger partial charge in [-0.3, -0.25) is 4.79 Å². The third kappa shape index (κ3) is 6.06. The molecule has 2 rings (SSSR count). The Labute approximate surface area is 132 Å². The number of carbonyl (C=O) groups is 1. The quantitative estimate of drug-likeness (QED) is 0.847. The van der Waals surface area contributed by atoms with Gasteiger partial charge in [-0.1, -0.05) is 23.7 Å². The molecule has 0 radical (unpaired) electrons. The van der Waals surface area contributed by atoms with Gasteiger partial charge in [0.1, 0.15) is 0 Å². The number of amides is 1. The van der Waals surface area contributed by atoms with Crippen molar-refractivity contribution in [3.63, 3.8) is 0 Å². The number of halogens is 1. The van der Waals surface area contributed by atoms with E-state index in [1.54, 1.807) is 0 Å². The molecular formula is C17H25ClN2O. The molecule has 1 heterocycles. The number of hydrogen-bond acceptors (Lipinski definition) is 2. The molecule has 1 aliphatic heterocycles. The monoisotopic (exact) mass is 308 g/mol. The Morgan fingerprint density at radius 1 is 1.43 bits per heavy atom. The smallest absolute Gasteiger partial charge is 0.220 e. The summed E-state index contributed by atoms with van der Waals surface area (Å²) in [7, 11) is 0. The van der Waals surface area contributed by atoms with Crippen LogP contribution in [0.2, 0.25) is 5.02 Å². The lowest BCUT2D eigenvalue weighted by molar-refractivity contribution is -0.122. The molecule has 0 saturated carbocycles. The van der Waals surface area contributed by atoms with Crippen molar-refractivity contribution in [1.29, 1.82) is 0 Å². The highest BCUT2D eigenvalue weighted by Crippen LogP contribution is 2.17. The van der Waals surface area contributed by atoms with Crippen molar-refractivity contribution in [2.75, 3.05) is 13.1 Å². The minimum atomic E-state index is 0.143. The van der Waals surface area contributed by atoms with Crippen LogP contribution < -0.4 is 10.6 Å². The Morgan fingerprint density at radius 2 is 2.19 bits per heavy atom. The number of hydrogen-bond donors (Lipinski definition) is 2. The summed E-state index contributed by atoms with van der Waals surface area (Å²) in [6.07, 6.45) is 4.87. The van der Waals surface area contributed by atoms with Gasteiger partial charge in [-0.25, -0.2) is 0 Å². The maximum atomic E-state index is 12.0. The molecule has 1 atom stereocenters. The first-order valence-corrected chi connectivity index (χ1v) is 8.26. The summed E-state index contributed by atoms with van der Waals surface area (Å²) in [5, 5.41) is 7.19. The Morgan fingerprint density at radius 3 is 2.90 bits per heavy atom. The van der Waals surface area contributed by atoms with Crippen LogP contribution in [0.3, 0.4) is 0 Å². The Kier molecular flexibility index (Phi) is 6.52. The summed E-state index contributed by atoms with van der Waals surface area (Å²) in [5.41, 5.74) is 1.16. The third-order valence-corrected chi connectivity index (χ3v) is 4.31. The highest BCUT2D eigenvalue weighted by Gasteiger charge is 2.15. The van der Waals surface area contributed by atoms with Crippen LogP contribution in [0.1, 0.15) is 38.2 Å². The van der Waals surface area contributed by atoms with Crippen LogP contribution in [0, 0.1) is 5.92 Å². The Balaban J connectivity index is 1.69. The molecule has 0 aliphatic carbocycles. The molecular weight excluding hydrogens is 284 g/mol. The lowest BCUT2D eigenvalue weighted by Gasteiger charge is -2.22. The number of piperidine rings is 1. The van der Waals surface area contributed by atoms with E-state index in [0.29, 0.717) is 12.3 Å². The largest absolute Gasteiger partial charge is 0.353 e. The molecule has 1 aliphatic rings. The molecule has 0 bridgehead atoms. The standard InChI is InChI=1S/C17H25ClN2O/c1-13(11-15-3-2-4-16(18)12-15)20-17(21)6-5-14-7-9-19-10-8-14/h2-4,12-14,19H,5-11H2,1H3,(H,20,21). The van der Waals surface area contributed by atoms with Crippen molar-refractivity contribution >= 4 is 17.5 Å². The molecule has 1 aromatic carbocycles. The van der Waals surface area contributed by atoms with Gasteiger partial charge in [-0.2, -0.15) is 0 Å². The minimum absolute atomic E-state index is 0.143. The number of rotatable bonds is 6. The zero-order valence-electron chi connectivity index (χ0n) is 12.7. The highest BCUT2D eigenvalue weighted by molar-refractivity contribution is 6.30. The van der Waals surface area contributed by atoms with Gasteiger partial charge in [0.05, 0.1) is 0 Å². The first-order valence-electron chi connectivity index (χ1n) is 7.88. The summed E-state index contributed by atoms with van der Waals surface area (Å²) in [6, 6.07) is 7.96. The zero-order chi connectivity index (χ0) is 15.1. The summed E-state index contributed by atoms with van der Waals surface area (Å²) in [4.78, 5) is 12.0. The van der Waals surface area contributed by atoms with Crippen LogP contribution >= 0.6 is 11.6 Å². The second-order valence-corrected chi connectivity index (χ2v) is 6.47. The average molecular weight is 309 g/mol. The van der Waals surface area contributed by atoms with E-state index in [1.165, 1.54) is 12.8 Å². The van der Waals surface area contributed by atoms with Gasteiger partial charge in [0, 0.05) is 17.5 Å². The SMILES string of the molecule is CC(Cc1cccc(Cl)c1)NC(=O)CCC1CCNCC1. The highest BCUT2D eigenvalue weighted by atomic mass is 35.5. The summed E-state index contributed by atoms with van der Waals surface area (Å²) >= 11 is 5.98. The minimum Gasteiger partial charge on any atom is -0.353 e. The predicted molar refractivity (Wildman–Crippen MR) is 87.6 cm³/mol. The van der Waals surface area contributed by atoms with E-state index in [0.717, 1.165) is 36.5 Å². The molecule has 0 aromatic heterocycles. The molecule has 1 aromatic rings. The predicted octanol–water partition coefficient (Wildman–Crippen LogP) is 3.17. The molecule has 116 valence electrons. The molecule has 3 nitrogen and oxygen atoms in total. The van der Waals surface area contributed by atoms with Crippen molar-refractivity contribution in [1.82, 2.24) is 10.6 Å². The fraction of sp³-hybridized carbons (Fsp3) is 0.588. The fourth-order valence-electron chi connectivity index (χ4n) is 2.92. The molecule has 1 amide bonds. The van der Waals surface area contributed by atoms with Crippen LogP contribution in [0.4, 0.5) is 0 Å². The fourth-order valence-corrected chi connectivity index (χ4v) is 3.13. The van der Waals surface area contributed by atoms with Crippen molar-refractivity contribution in [2.24, 2.45) is 5.92 Å². The van der Waals surface area contributed by atoms with E-state index in [1.807, 2.05) is 31.2 Å². The van der Waals surface area contributed by atoms with E-state index in [-0.39, 0.29) is 11.9 Å². The van der Waals surface area contributed by atoms with E-state index in [4.69, 9.17) is 11.6 Å². The van der Waals surface area contributed by atoms with Crippen LogP contribution in [0.5, 0.6) is 0 Å².